The highest BCUT2D eigenvalue weighted by atomic mass is 32.2. The molecule has 2 aromatic carbocycles. The summed E-state index contributed by atoms with van der Waals surface area (Å²) in [5.74, 6) is 1.93. The summed E-state index contributed by atoms with van der Waals surface area (Å²) < 4.78 is 12.1. The second-order valence-electron chi connectivity index (χ2n) is 8.82. The van der Waals surface area contributed by atoms with Crippen LogP contribution in [-0.4, -0.2) is 27.9 Å². The van der Waals surface area contributed by atoms with E-state index in [-0.39, 0.29) is 6.10 Å². The lowest BCUT2D eigenvalue weighted by atomic mass is 9.88. The van der Waals surface area contributed by atoms with Gasteiger partial charge in [0.25, 0.3) is 0 Å². The number of rotatable bonds is 9. The third kappa shape index (κ3) is 6.27. The van der Waals surface area contributed by atoms with Crippen LogP contribution in [0.3, 0.4) is 0 Å². The third-order valence-electron chi connectivity index (χ3n) is 6.21. The van der Waals surface area contributed by atoms with Crippen molar-refractivity contribution in [3.8, 4) is 11.5 Å². The number of benzene rings is 2. The maximum atomic E-state index is 11.8. The Kier molecular flexibility index (Phi) is 7.89. The van der Waals surface area contributed by atoms with Gasteiger partial charge >= 0.3 is 5.97 Å². The zero-order chi connectivity index (χ0) is 23.2. The zero-order valence-corrected chi connectivity index (χ0v) is 20.0. The Bertz CT molecular complexity index is 1050. The average molecular weight is 466 g/mol. The van der Waals surface area contributed by atoms with Gasteiger partial charge in [0.05, 0.1) is 12.7 Å². The largest absolute Gasteiger partial charge is 0.480 e. The minimum atomic E-state index is -0.777. The summed E-state index contributed by atoms with van der Waals surface area (Å²) in [6.07, 6.45) is 4.38. The van der Waals surface area contributed by atoms with Gasteiger partial charge in [-0.2, -0.15) is 0 Å². The number of ether oxygens (including phenoxy) is 1. The van der Waals surface area contributed by atoms with Crippen LogP contribution in [-0.2, 0) is 16.1 Å². The summed E-state index contributed by atoms with van der Waals surface area (Å²) >= 11 is 1.53. The van der Waals surface area contributed by atoms with Crippen LogP contribution in [0.25, 0.3) is 11.5 Å². The zero-order valence-electron chi connectivity index (χ0n) is 19.2. The Morgan fingerprint density at radius 3 is 2.64 bits per heavy atom. The van der Waals surface area contributed by atoms with Gasteiger partial charge in [-0.3, -0.25) is 4.79 Å². The van der Waals surface area contributed by atoms with Gasteiger partial charge in [0.15, 0.2) is 0 Å². The molecule has 3 unspecified atom stereocenters. The van der Waals surface area contributed by atoms with E-state index in [0.717, 1.165) is 54.0 Å². The summed E-state index contributed by atoms with van der Waals surface area (Å²) in [6.45, 7) is 4.43. The summed E-state index contributed by atoms with van der Waals surface area (Å²) in [4.78, 5) is 16.5. The number of thioether (sulfide) groups is 1. The summed E-state index contributed by atoms with van der Waals surface area (Å²) in [5, 5.41) is 9.16. The summed E-state index contributed by atoms with van der Waals surface area (Å²) in [6, 6.07) is 17.6. The topological polar surface area (TPSA) is 72.6 Å². The van der Waals surface area contributed by atoms with Gasteiger partial charge in [0, 0.05) is 5.56 Å². The van der Waals surface area contributed by atoms with E-state index in [0.29, 0.717) is 18.4 Å². The van der Waals surface area contributed by atoms with Crippen molar-refractivity contribution in [2.75, 3.05) is 5.75 Å². The molecular formula is C27H31NO4S. The molecule has 3 atom stereocenters. The predicted octanol–water partition coefficient (Wildman–Crippen LogP) is 6.59. The quantitative estimate of drug-likeness (QED) is 0.384. The van der Waals surface area contributed by atoms with Gasteiger partial charge in [0.2, 0.25) is 5.89 Å². The van der Waals surface area contributed by atoms with E-state index in [1.54, 1.807) is 0 Å². The van der Waals surface area contributed by atoms with E-state index < -0.39 is 11.2 Å². The van der Waals surface area contributed by atoms with E-state index in [2.05, 4.69) is 24.0 Å². The summed E-state index contributed by atoms with van der Waals surface area (Å²) in [5.41, 5.74) is 3.87. The Hall–Kier alpha value is -2.57. The fraction of sp³-hybridized carbons (Fsp3) is 0.407. The molecule has 1 N–H and O–H groups in total. The molecule has 174 valence electrons. The van der Waals surface area contributed by atoms with Crippen molar-refractivity contribution in [3.63, 3.8) is 0 Å². The first kappa shape index (κ1) is 23.6. The molecule has 3 aromatic rings. The lowest BCUT2D eigenvalue weighted by Crippen LogP contribution is -2.25. The number of nitrogens with zero attached hydrogens (tertiary/aromatic N) is 1. The van der Waals surface area contributed by atoms with E-state index >= 15 is 0 Å². The van der Waals surface area contributed by atoms with E-state index in [1.807, 2.05) is 49.4 Å². The molecule has 33 heavy (non-hydrogen) atoms. The normalized spacial score (nSPS) is 19.3. The highest BCUT2D eigenvalue weighted by molar-refractivity contribution is 8.00. The molecule has 5 nitrogen and oxygen atoms in total. The van der Waals surface area contributed by atoms with Crippen molar-refractivity contribution in [3.05, 3.63) is 77.2 Å². The molecular weight excluding hydrogens is 434 g/mol. The molecule has 1 aliphatic rings. The van der Waals surface area contributed by atoms with Crippen molar-refractivity contribution < 1.29 is 19.1 Å². The molecule has 0 saturated heterocycles. The van der Waals surface area contributed by atoms with Crippen LogP contribution in [0, 0.1) is 19.8 Å². The van der Waals surface area contributed by atoms with Crippen LogP contribution in [0.15, 0.2) is 59.0 Å². The molecule has 1 fully saturated rings. The number of hydrogen-bond acceptors (Lipinski definition) is 5. The fourth-order valence-corrected chi connectivity index (χ4v) is 5.55. The van der Waals surface area contributed by atoms with Gasteiger partial charge in [-0.15, -0.1) is 11.8 Å². The molecule has 6 heteroatoms. The number of carboxylic acids is 1. The van der Waals surface area contributed by atoms with Crippen LogP contribution in [0.1, 0.15) is 53.5 Å². The third-order valence-corrected chi connectivity index (χ3v) is 7.68. The Morgan fingerprint density at radius 1 is 1.15 bits per heavy atom. The number of carbonyl (C=O) groups is 1. The molecule has 1 aromatic heterocycles. The SMILES string of the molecule is Cc1ccc(-c2nc(COC3CCCC(CSC(C(=O)O)c4ccccc4)C3)c(C)o2)cc1. The second kappa shape index (κ2) is 11.0. The number of aromatic nitrogens is 1. The number of aliphatic carboxylic acids is 1. The molecule has 0 amide bonds. The van der Waals surface area contributed by atoms with Crippen LogP contribution in [0.4, 0.5) is 0 Å². The van der Waals surface area contributed by atoms with Crippen LogP contribution in [0.5, 0.6) is 0 Å². The highest BCUT2D eigenvalue weighted by Gasteiger charge is 2.27. The van der Waals surface area contributed by atoms with E-state index in [9.17, 15) is 9.90 Å². The fourth-order valence-electron chi connectivity index (χ4n) is 4.29. The van der Waals surface area contributed by atoms with Crippen molar-refractivity contribution in [1.29, 1.82) is 0 Å². The lowest BCUT2D eigenvalue weighted by Gasteiger charge is -2.29. The van der Waals surface area contributed by atoms with Gasteiger partial charge < -0.3 is 14.3 Å². The van der Waals surface area contributed by atoms with Crippen molar-refractivity contribution in [1.82, 2.24) is 4.98 Å². The van der Waals surface area contributed by atoms with Gasteiger partial charge in [-0.1, -0.05) is 54.4 Å². The maximum Gasteiger partial charge on any atom is 0.321 e. The Labute approximate surface area is 199 Å². The second-order valence-corrected chi connectivity index (χ2v) is 9.95. The van der Waals surface area contributed by atoms with E-state index in [1.165, 1.54) is 17.3 Å². The smallest absolute Gasteiger partial charge is 0.321 e. The minimum absolute atomic E-state index is 0.170. The van der Waals surface area contributed by atoms with Gasteiger partial charge in [-0.25, -0.2) is 4.98 Å². The standard InChI is InChI=1S/C27H31NO4S/c1-18-11-13-22(14-12-18)26-28-24(19(2)32-26)16-31-23-10-6-7-20(15-23)17-33-25(27(29)30)21-8-4-3-5-9-21/h3-5,8-9,11-14,20,23,25H,6-7,10,15-17H2,1-2H3,(H,29,30). The lowest BCUT2D eigenvalue weighted by molar-refractivity contribution is -0.136. The average Bonchev–Trinajstić information content (AvgIpc) is 3.19. The molecule has 4 rings (SSSR count). The van der Waals surface area contributed by atoms with Crippen molar-refractivity contribution in [2.45, 2.75) is 57.5 Å². The van der Waals surface area contributed by atoms with Crippen molar-refractivity contribution in [2.24, 2.45) is 5.92 Å². The maximum absolute atomic E-state index is 11.8. The number of hydrogen-bond donors (Lipinski definition) is 1. The van der Waals surface area contributed by atoms with Crippen LogP contribution < -0.4 is 0 Å². The first-order valence-corrected chi connectivity index (χ1v) is 12.6. The minimum Gasteiger partial charge on any atom is -0.480 e. The molecule has 0 radical (unpaired) electrons. The molecule has 1 aliphatic carbocycles. The number of carboxylic acid groups (broad SMARTS) is 1. The molecule has 1 saturated carbocycles. The Morgan fingerprint density at radius 2 is 1.91 bits per heavy atom. The number of oxazole rings is 1. The van der Waals surface area contributed by atoms with E-state index in [4.69, 9.17) is 9.15 Å². The molecule has 1 heterocycles. The Balaban J connectivity index is 1.30. The molecule has 0 aliphatic heterocycles. The monoisotopic (exact) mass is 465 g/mol. The van der Waals surface area contributed by atoms with Crippen LogP contribution in [0.2, 0.25) is 0 Å². The highest BCUT2D eigenvalue weighted by Crippen LogP contribution is 2.36. The first-order chi connectivity index (χ1) is 16.0. The van der Waals surface area contributed by atoms with Crippen molar-refractivity contribution >= 4 is 17.7 Å². The molecule has 0 bridgehead atoms. The number of aryl methyl sites for hydroxylation is 2. The van der Waals surface area contributed by atoms with Gasteiger partial charge in [-0.05, 0) is 62.5 Å². The summed E-state index contributed by atoms with van der Waals surface area (Å²) in [7, 11) is 0. The van der Waals surface area contributed by atoms with Crippen LogP contribution >= 0.6 is 11.8 Å². The predicted molar refractivity (Wildman–Crippen MR) is 131 cm³/mol. The molecule has 0 spiro atoms. The van der Waals surface area contributed by atoms with Gasteiger partial charge in [0.1, 0.15) is 16.7 Å². The first-order valence-electron chi connectivity index (χ1n) is 11.5.